The zero-order chi connectivity index (χ0) is 21.5. The maximum absolute atomic E-state index is 12.9. The second-order valence-corrected chi connectivity index (χ2v) is 7.24. The first-order valence-corrected chi connectivity index (χ1v) is 9.64. The van der Waals surface area contributed by atoms with Gasteiger partial charge in [0.05, 0.1) is 4.92 Å². The Hall–Kier alpha value is -3.78. The lowest BCUT2D eigenvalue weighted by molar-refractivity contribution is -0.384. The Kier molecular flexibility index (Phi) is 6.71. The van der Waals surface area contributed by atoms with Crippen LogP contribution in [-0.2, 0) is 9.63 Å². The molecule has 0 heterocycles. The largest absolute Gasteiger partial charge is 0.332 e. The van der Waals surface area contributed by atoms with E-state index in [-0.39, 0.29) is 17.2 Å². The Morgan fingerprint density at radius 2 is 1.43 bits per heavy atom. The van der Waals surface area contributed by atoms with E-state index in [0.29, 0.717) is 11.1 Å². The summed E-state index contributed by atoms with van der Waals surface area (Å²) in [7, 11) is 0. The average Bonchev–Trinajstić information content (AvgIpc) is 2.75. The summed E-state index contributed by atoms with van der Waals surface area (Å²) < 4.78 is 0. The Morgan fingerprint density at radius 1 is 0.867 bits per heavy atom. The lowest BCUT2D eigenvalue weighted by Crippen LogP contribution is -2.17. The summed E-state index contributed by atoms with van der Waals surface area (Å²) in [5.41, 5.74) is 0.980. The van der Waals surface area contributed by atoms with Crippen LogP contribution in [0.1, 0.15) is 22.8 Å². The molecule has 3 rings (SSSR count). The van der Waals surface area contributed by atoms with Crippen LogP contribution in [-0.4, -0.2) is 22.4 Å². The van der Waals surface area contributed by atoms with Crippen molar-refractivity contribution in [1.82, 2.24) is 0 Å². The topological polar surface area (TPSA) is 98.9 Å². The lowest BCUT2D eigenvalue weighted by atomic mass is 10.0. The summed E-state index contributed by atoms with van der Waals surface area (Å²) in [6, 6.07) is 21.8. The Bertz CT molecular complexity index is 1090. The Labute approximate surface area is 176 Å². The standard InChI is InChI=1S/C22H16N2O5S/c1-15(25)29-23-21(16-5-3-2-4-6-16)22(26)17-7-11-19(12-8-17)30-20-13-9-18(10-14-20)24(27)28/h2-14H,1H3/b23-21+. The highest BCUT2D eigenvalue weighted by Crippen LogP contribution is 2.29. The Morgan fingerprint density at radius 3 is 1.97 bits per heavy atom. The number of non-ortho nitro benzene ring substituents is 1. The van der Waals surface area contributed by atoms with Crippen LogP contribution in [0, 0.1) is 10.1 Å². The van der Waals surface area contributed by atoms with Gasteiger partial charge in [-0.15, -0.1) is 0 Å². The minimum Gasteiger partial charge on any atom is -0.318 e. The number of nitro groups is 1. The van der Waals surface area contributed by atoms with E-state index < -0.39 is 10.9 Å². The van der Waals surface area contributed by atoms with Crippen molar-refractivity contribution in [2.24, 2.45) is 5.16 Å². The first kappa shape index (κ1) is 20.9. The molecule has 0 fully saturated rings. The molecule has 0 radical (unpaired) electrons. The van der Waals surface area contributed by atoms with Crippen LogP contribution in [0.4, 0.5) is 5.69 Å². The first-order valence-electron chi connectivity index (χ1n) is 8.82. The number of hydrogen-bond acceptors (Lipinski definition) is 7. The number of oxime groups is 1. The average molecular weight is 420 g/mol. The number of ketones is 1. The van der Waals surface area contributed by atoms with Gasteiger partial charge < -0.3 is 4.84 Å². The third kappa shape index (κ3) is 5.39. The molecule has 30 heavy (non-hydrogen) atoms. The van der Waals surface area contributed by atoms with Crippen molar-refractivity contribution >= 4 is 34.9 Å². The molecule has 0 spiro atoms. The van der Waals surface area contributed by atoms with Gasteiger partial charge in [-0.1, -0.05) is 47.2 Å². The fourth-order valence-electron chi connectivity index (χ4n) is 2.51. The highest BCUT2D eigenvalue weighted by atomic mass is 32.2. The summed E-state index contributed by atoms with van der Waals surface area (Å²) in [6.45, 7) is 1.21. The number of carbonyl (C=O) groups excluding carboxylic acids is 2. The maximum Gasteiger partial charge on any atom is 0.332 e. The minimum absolute atomic E-state index is 0.0285. The predicted molar refractivity (Wildman–Crippen MR) is 113 cm³/mol. The van der Waals surface area contributed by atoms with Gasteiger partial charge in [0.15, 0.2) is 5.71 Å². The van der Waals surface area contributed by atoms with Crippen LogP contribution in [0.25, 0.3) is 0 Å². The summed E-state index contributed by atoms with van der Waals surface area (Å²) in [5.74, 6) is -1.000. The van der Waals surface area contributed by atoms with Gasteiger partial charge in [0.1, 0.15) is 0 Å². The molecule has 0 N–H and O–H groups in total. The number of nitrogens with zero attached hydrogens (tertiary/aromatic N) is 2. The fourth-order valence-corrected chi connectivity index (χ4v) is 3.33. The summed E-state index contributed by atoms with van der Waals surface area (Å²) >= 11 is 1.41. The van der Waals surface area contributed by atoms with Crippen LogP contribution < -0.4 is 0 Å². The van der Waals surface area contributed by atoms with Gasteiger partial charge in [0, 0.05) is 40.0 Å². The monoisotopic (exact) mass is 420 g/mol. The molecule has 0 unspecified atom stereocenters. The molecule has 0 bridgehead atoms. The van der Waals surface area contributed by atoms with E-state index in [0.717, 1.165) is 9.79 Å². The Balaban J connectivity index is 1.79. The molecule has 8 heteroatoms. The quantitative estimate of drug-likeness (QED) is 0.177. The smallest absolute Gasteiger partial charge is 0.318 e. The molecule has 0 amide bonds. The van der Waals surface area contributed by atoms with Gasteiger partial charge in [0.2, 0.25) is 5.78 Å². The molecule has 150 valence electrons. The van der Waals surface area contributed by atoms with Gasteiger partial charge in [-0.25, -0.2) is 4.79 Å². The van der Waals surface area contributed by atoms with Crippen molar-refractivity contribution in [3.63, 3.8) is 0 Å². The van der Waals surface area contributed by atoms with Crippen molar-refractivity contribution < 1.29 is 19.3 Å². The molecule has 0 saturated heterocycles. The van der Waals surface area contributed by atoms with Crippen molar-refractivity contribution in [1.29, 1.82) is 0 Å². The molecule has 0 saturated carbocycles. The third-order valence-electron chi connectivity index (χ3n) is 3.93. The highest BCUT2D eigenvalue weighted by molar-refractivity contribution is 7.99. The number of rotatable bonds is 7. The maximum atomic E-state index is 12.9. The molecule has 7 nitrogen and oxygen atoms in total. The number of carbonyl (C=O) groups is 2. The summed E-state index contributed by atoms with van der Waals surface area (Å²) in [4.78, 5) is 40.8. The first-order chi connectivity index (χ1) is 14.4. The van der Waals surface area contributed by atoms with Crippen LogP contribution >= 0.6 is 11.8 Å². The van der Waals surface area contributed by atoms with Gasteiger partial charge in [-0.05, 0) is 36.4 Å². The number of Topliss-reactive ketones (excluding diaryl/α,β-unsaturated/α-hetero) is 1. The molecule has 0 aliphatic carbocycles. The molecule has 0 aliphatic heterocycles. The minimum atomic E-state index is -0.619. The van der Waals surface area contributed by atoms with E-state index in [9.17, 15) is 19.7 Å². The van der Waals surface area contributed by atoms with Gasteiger partial charge in [0.25, 0.3) is 5.69 Å². The number of nitro benzene ring substituents is 1. The van der Waals surface area contributed by atoms with Crippen molar-refractivity contribution in [2.75, 3.05) is 0 Å². The lowest BCUT2D eigenvalue weighted by Gasteiger charge is -2.07. The normalized spacial score (nSPS) is 11.0. The van der Waals surface area contributed by atoms with Crippen LogP contribution in [0.3, 0.4) is 0 Å². The molecular formula is C22H16N2O5S. The molecule has 0 aromatic heterocycles. The predicted octanol–water partition coefficient (Wildman–Crippen LogP) is 4.90. The summed E-state index contributed by atoms with van der Waals surface area (Å²) in [5, 5.41) is 14.5. The number of hydrogen-bond donors (Lipinski definition) is 0. The van der Waals surface area contributed by atoms with E-state index >= 15 is 0 Å². The van der Waals surface area contributed by atoms with E-state index in [4.69, 9.17) is 4.84 Å². The molecule has 0 aliphatic rings. The number of benzene rings is 3. The van der Waals surface area contributed by atoms with Gasteiger partial charge in [-0.2, -0.15) is 0 Å². The van der Waals surface area contributed by atoms with Gasteiger partial charge >= 0.3 is 5.97 Å². The molecule has 3 aromatic rings. The summed E-state index contributed by atoms with van der Waals surface area (Å²) in [6.07, 6.45) is 0. The van der Waals surface area contributed by atoms with Crippen molar-refractivity contribution in [3.05, 3.63) is 100 Å². The fraction of sp³-hybridized carbons (Fsp3) is 0.0455. The van der Waals surface area contributed by atoms with Crippen molar-refractivity contribution in [2.45, 2.75) is 16.7 Å². The van der Waals surface area contributed by atoms with Gasteiger partial charge in [-0.3, -0.25) is 14.9 Å². The third-order valence-corrected chi connectivity index (χ3v) is 4.94. The van der Waals surface area contributed by atoms with E-state index in [2.05, 4.69) is 5.16 Å². The van der Waals surface area contributed by atoms with E-state index in [1.807, 2.05) is 6.07 Å². The molecular weight excluding hydrogens is 404 g/mol. The second-order valence-electron chi connectivity index (χ2n) is 6.10. The van der Waals surface area contributed by atoms with E-state index in [1.54, 1.807) is 60.7 Å². The second kappa shape index (κ2) is 9.62. The highest BCUT2D eigenvalue weighted by Gasteiger charge is 2.18. The van der Waals surface area contributed by atoms with Crippen LogP contribution in [0.2, 0.25) is 0 Å². The SMILES string of the molecule is CC(=O)O/N=C(/C(=O)c1ccc(Sc2ccc([N+](=O)[O-])cc2)cc1)c1ccccc1. The zero-order valence-electron chi connectivity index (χ0n) is 15.8. The molecule has 3 aromatic carbocycles. The van der Waals surface area contributed by atoms with Crippen LogP contribution in [0.5, 0.6) is 0 Å². The van der Waals surface area contributed by atoms with Crippen molar-refractivity contribution in [3.8, 4) is 0 Å². The van der Waals surface area contributed by atoms with E-state index in [1.165, 1.54) is 30.8 Å². The molecule has 0 atom stereocenters. The zero-order valence-corrected chi connectivity index (χ0v) is 16.7. The van der Waals surface area contributed by atoms with Crippen LogP contribution in [0.15, 0.2) is 93.8 Å².